The van der Waals surface area contributed by atoms with Crippen LogP contribution >= 0.6 is 0 Å². The van der Waals surface area contributed by atoms with Gasteiger partial charge in [0, 0.05) is 5.56 Å². The third-order valence-corrected chi connectivity index (χ3v) is 5.46. The number of aromatic hydroxyl groups is 1. The molecule has 2 aromatic carbocycles. The first-order valence-electron chi connectivity index (χ1n) is 10.7. The van der Waals surface area contributed by atoms with Crippen molar-refractivity contribution in [3.63, 3.8) is 0 Å². The number of aryl methyl sites for hydroxylation is 1. The molecule has 0 aromatic heterocycles. The number of benzene rings is 2. The molecule has 0 saturated heterocycles. The zero-order valence-electron chi connectivity index (χ0n) is 19.5. The van der Waals surface area contributed by atoms with Gasteiger partial charge in [0.2, 0.25) is 0 Å². The Bertz CT molecular complexity index is 793. The zero-order chi connectivity index (χ0) is 21.3. The normalized spacial score (nSPS) is 13.0. The van der Waals surface area contributed by atoms with Crippen LogP contribution in [0.25, 0.3) is 0 Å². The maximum Gasteiger partial charge on any atom is 0.119 e. The zero-order valence-corrected chi connectivity index (χ0v) is 19.5. The van der Waals surface area contributed by atoms with Gasteiger partial charge >= 0.3 is 0 Å². The molecule has 0 bridgehead atoms. The molecule has 28 heavy (non-hydrogen) atoms. The molecule has 154 valence electrons. The van der Waals surface area contributed by atoms with E-state index in [1.165, 1.54) is 22.3 Å². The van der Waals surface area contributed by atoms with Crippen molar-refractivity contribution in [2.24, 2.45) is 0 Å². The second kappa shape index (κ2) is 7.93. The molecule has 0 aliphatic rings. The fourth-order valence-electron chi connectivity index (χ4n) is 4.34. The summed E-state index contributed by atoms with van der Waals surface area (Å²) in [6, 6.07) is 12.8. The van der Waals surface area contributed by atoms with E-state index in [2.05, 4.69) is 92.6 Å². The molecule has 2 rings (SSSR count). The van der Waals surface area contributed by atoms with Crippen LogP contribution in [0.4, 0.5) is 0 Å². The number of hydrogen-bond donors (Lipinski definition) is 1. The average Bonchev–Trinajstić information content (AvgIpc) is 2.53. The summed E-state index contributed by atoms with van der Waals surface area (Å²) in [4.78, 5) is 0. The first kappa shape index (κ1) is 22.5. The van der Waals surface area contributed by atoms with Crippen molar-refractivity contribution in [3.05, 3.63) is 64.2 Å². The standard InChI is InChI=1S/C27H40O/c1-25(2,3)21-18-22(28)24(27(7,8)9)23(26(4,5)6)20(21)17-13-16-19-14-11-10-12-15-19/h10-12,14-15,18,28H,13,16-17H2,1-9H3. The Morgan fingerprint density at radius 2 is 1.21 bits per heavy atom. The Balaban J connectivity index is 2.61. The summed E-state index contributed by atoms with van der Waals surface area (Å²) in [5.41, 5.74) is 6.46. The molecule has 0 spiro atoms. The number of phenolic OH excluding ortho intramolecular Hbond substituents is 1. The van der Waals surface area contributed by atoms with Crippen LogP contribution in [0.3, 0.4) is 0 Å². The van der Waals surface area contributed by atoms with Crippen molar-refractivity contribution in [1.29, 1.82) is 0 Å². The van der Waals surface area contributed by atoms with Gasteiger partial charge in [-0.15, -0.1) is 0 Å². The molecule has 1 nitrogen and oxygen atoms in total. The van der Waals surface area contributed by atoms with Gasteiger partial charge in [-0.3, -0.25) is 0 Å². The van der Waals surface area contributed by atoms with Crippen LogP contribution in [0.15, 0.2) is 36.4 Å². The number of rotatable bonds is 4. The van der Waals surface area contributed by atoms with E-state index >= 15 is 0 Å². The topological polar surface area (TPSA) is 20.2 Å². The monoisotopic (exact) mass is 380 g/mol. The highest BCUT2D eigenvalue weighted by Crippen LogP contribution is 2.45. The van der Waals surface area contributed by atoms with Gasteiger partial charge in [0.05, 0.1) is 0 Å². The number of phenols is 1. The molecule has 0 amide bonds. The highest BCUT2D eigenvalue weighted by atomic mass is 16.3. The summed E-state index contributed by atoms with van der Waals surface area (Å²) in [5.74, 6) is 0.453. The molecule has 0 aliphatic carbocycles. The molecule has 0 heterocycles. The maximum absolute atomic E-state index is 11.1. The van der Waals surface area contributed by atoms with Crippen molar-refractivity contribution >= 4 is 0 Å². The molecule has 1 N–H and O–H groups in total. The maximum atomic E-state index is 11.1. The Morgan fingerprint density at radius 1 is 0.679 bits per heavy atom. The van der Waals surface area contributed by atoms with E-state index in [0.29, 0.717) is 5.75 Å². The predicted molar refractivity (Wildman–Crippen MR) is 123 cm³/mol. The predicted octanol–water partition coefficient (Wildman–Crippen LogP) is 7.46. The lowest BCUT2D eigenvalue weighted by Crippen LogP contribution is -2.27. The molecule has 0 saturated carbocycles. The van der Waals surface area contributed by atoms with Crippen LogP contribution in [0.5, 0.6) is 5.75 Å². The summed E-state index contributed by atoms with van der Waals surface area (Å²) >= 11 is 0. The van der Waals surface area contributed by atoms with Crippen LogP contribution in [0.2, 0.25) is 0 Å². The van der Waals surface area contributed by atoms with E-state index in [1.807, 2.05) is 6.07 Å². The molecule has 1 heteroatoms. The van der Waals surface area contributed by atoms with Crippen molar-refractivity contribution in [2.75, 3.05) is 0 Å². The summed E-state index contributed by atoms with van der Waals surface area (Å²) in [5, 5.41) is 11.1. The Hall–Kier alpha value is -1.76. The number of hydrogen-bond acceptors (Lipinski definition) is 1. The fourth-order valence-corrected chi connectivity index (χ4v) is 4.34. The van der Waals surface area contributed by atoms with E-state index in [1.54, 1.807) is 0 Å². The second-order valence-electron chi connectivity index (χ2n) is 11.3. The Labute approximate surface area is 173 Å². The van der Waals surface area contributed by atoms with Gasteiger partial charge in [-0.25, -0.2) is 0 Å². The van der Waals surface area contributed by atoms with Gasteiger partial charge in [0.15, 0.2) is 0 Å². The summed E-state index contributed by atoms with van der Waals surface area (Å²) in [6.45, 7) is 20.2. The summed E-state index contributed by atoms with van der Waals surface area (Å²) in [6.07, 6.45) is 3.24. The SMILES string of the molecule is CC(C)(C)c1cc(O)c(C(C)(C)C)c(C(C)(C)C)c1CCCc1ccccc1. The minimum absolute atomic E-state index is 0.00399. The Kier molecular flexibility index (Phi) is 6.38. The summed E-state index contributed by atoms with van der Waals surface area (Å²) < 4.78 is 0. The lowest BCUT2D eigenvalue weighted by Gasteiger charge is -2.37. The van der Waals surface area contributed by atoms with Crippen LogP contribution in [0.1, 0.15) is 96.6 Å². The molecule has 2 aromatic rings. The van der Waals surface area contributed by atoms with E-state index in [9.17, 15) is 5.11 Å². The van der Waals surface area contributed by atoms with Gasteiger partial charge in [-0.05, 0) is 63.8 Å². The average molecular weight is 381 g/mol. The fraction of sp³-hybridized carbons (Fsp3) is 0.556. The first-order valence-corrected chi connectivity index (χ1v) is 10.7. The second-order valence-corrected chi connectivity index (χ2v) is 11.3. The van der Waals surface area contributed by atoms with Gasteiger partial charge in [-0.2, -0.15) is 0 Å². The molecule has 0 unspecified atom stereocenters. The lowest BCUT2D eigenvalue weighted by atomic mass is 9.68. The Morgan fingerprint density at radius 3 is 1.68 bits per heavy atom. The van der Waals surface area contributed by atoms with Gasteiger partial charge < -0.3 is 5.11 Å². The van der Waals surface area contributed by atoms with Crippen molar-refractivity contribution in [3.8, 4) is 5.75 Å². The molecular weight excluding hydrogens is 340 g/mol. The van der Waals surface area contributed by atoms with E-state index < -0.39 is 0 Å². The molecular formula is C27H40O. The molecule has 0 fully saturated rings. The third-order valence-electron chi connectivity index (χ3n) is 5.46. The molecule has 0 aliphatic heterocycles. The van der Waals surface area contributed by atoms with E-state index in [0.717, 1.165) is 24.8 Å². The van der Waals surface area contributed by atoms with Crippen LogP contribution in [0, 0.1) is 0 Å². The van der Waals surface area contributed by atoms with Crippen LogP contribution < -0.4 is 0 Å². The van der Waals surface area contributed by atoms with Gasteiger partial charge in [0.25, 0.3) is 0 Å². The van der Waals surface area contributed by atoms with Gasteiger partial charge in [-0.1, -0.05) is 92.6 Å². The van der Waals surface area contributed by atoms with Crippen molar-refractivity contribution in [1.82, 2.24) is 0 Å². The largest absolute Gasteiger partial charge is 0.508 e. The van der Waals surface area contributed by atoms with Crippen LogP contribution in [-0.2, 0) is 29.1 Å². The molecule has 0 atom stereocenters. The lowest BCUT2D eigenvalue weighted by molar-refractivity contribution is 0.428. The third kappa shape index (κ3) is 5.19. The van der Waals surface area contributed by atoms with Crippen LogP contribution in [-0.4, -0.2) is 5.11 Å². The van der Waals surface area contributed by atoms with Gasteiger partial charge in [0.1, 0.15) is 5.75 Å². The first-order chi connectivity index (χ1) is 12.7. The van der Waals surface area contributed by atoms with E-state index in [-0.39, 0.29) is 16.2 Å². The minimum Gasteiger partial charge on any atom is -0.508 e. The highest BCUT2D eigenvalue weighted by molar-refractivity contribution is 5.56. The minimum atomic E-state index is -0.0999. The highest BCUT2D eigenvalue weighted by Gasteiger charge is 2.34. The van der Waals surface area contributed by atoms with Crippen molar-refractivity contribution < 1.29 is 5.11 Å². The van der Waals surface area contributed by atoms with E-state index in [4.69, 9.17) is 0 Å². The van der Waals surface area contributed by atoms with Crippen molar-refractivity contribution in [2.45, 2.75) is 97.8 Å². The summed E-state index contributed by atoms with van der Waals surface area (Å²) in [7, 11) is 0. The molecule has 0 radical (unpaired) electrons. The quantitative estimate of drug-likeness (QED) is 0.583. The smallest absolute Gasteiger partial charge is 0.119 e.